The molecule has 0 fully saturated rings. The van der Waals surface area contributed by atoms with E-state index in [2.05, 4.69) is 94.4 Å². The summed E-state index contributed by atoms with van der Waals surface area (Å²) in [5.41, 5.74) is 8.87. The fourth-order valence-corrected chi connectivity index (χ4v) is 6.41. The van der Waals surface area contributed by atoms with Gasteiger partial charge in [0.1, 0.15) is 0 Å². The molecule has 0 radical (unpaired) electrons. The zero-order valence-corrected chi connectivity index (χ0v) is 23.2. The molecule has 4 heterocycles. The van der Waals surface area contributed by atoms with E-state index < -0.39 is 0 Å². The first-order valence-corrected chi connectivity index (χ1v) is 13.8. The Morgan fingerprint density at radius 1 is 0.973 bits per heavy atom. The van der Waals surface area contributed by atoms with Gasteiger partial charge < -0.3 is 4.42 Å². The molecule has 37 heavy (non-hydrogen) atoms. The molecule has 0 amide bonds. The quantitative estimate of drug-likeness (QED) is 0.240. The molecule has 4 heteroatoms. The van der Waals surface area contributed by atoms with Crippen LogP contribution in [-0.4, -0.2) is 9.97 Å². The SMILES string of the molecule is Cc1coc2nc(-c3cc(C(C)(C)C)c4ccncc4c3)cc(-c3ccc4c(CC(C)C)csc4c3)c12. The molecule has 6 aromatic rings. The van der Waals surface area contributed by atoms with E-state index in [1.54, 1.807) is 0 Å². The third kappa shape index (κ3) is 4.23. The Kier molecular flexibility index (Phi) is 5.68. The Balaban J connectivity index is 1.57. The maximum absolute atomic E-state index is 5.97. The summed E-state index contributed by atoms with van der Waals surface area (Å²) in [6.07, 6.45) is 6.75. The van der Waals surface area contributed by atoms with Crippen LogP contribution in [-0.2, 0) is 11.8 Å². The van der Waals surface area contributed by atoms with Crippen molar-refractivity contribution in [1.82, 2.24) is 9.97 Å². The van der Waals surface area contributed by atoms with E-state index in [-0.39, 0.29) is 5.41 Å². The first-order valence-electron chi connectivity index (χ1n) is 13.0. The largest absolute Gasteiger partial charge is 0.446 e. The lowest BCUT2D eigenvalue weighted by Gasteiger charge is -2.22. The summed E-state index contributed by atoms with van der Waals surface area (Å²) in [5.74, 6) is 0.642. The number of pyridine rings is 2. The molecule has 0 bridgehead atoms. The summed E-state index contributed by atoms with van der Waals surface area (Å²) in [4.78, 5) is 9.40. The van der Waals surface area contributed by atoms with Gasteiger partial charge >= 0.3 is 0 Å². The second kappa shape index (κ2) is 8.81. The van der Waals surface area contributed by atoms with E-state index in [0.29, 0.717) is 11.6 Å². The van der Waals surface area contributed by atoms with Crippen LogP contribution in [0.1, 0.15) is 51.3 Å². The topological polar surface area (TPSA) is 38.9 Å². The van der Waals surface area contributed by atoms with Gasteiger partial charge in [0.05, 0.1) is 17.3 Å². The molecule has 2 aromatic carbocycles. The van der Waals surface area contributed by atoms with Gasteiger partial charge in [-0.15, -0.1) is 11.3 Å². The molecule has 4 aromatic heterocycles. The number of furan rings is 1. The Bertz CT molecular complexity index is 1780. The van der Waals surface area contributed by atoms with Crippen molar-refractivity contribution in [3.8, 4) is 22.4 Å². The molecule has 0 spiro atoms. The Hall–Kier alpha value is -3.50. The highest BCUT2D eigenvalue weighted by atomic mass is 32.1. The van der Waals surface area contributed by atoms with Crippen LogP contribution < -0.4 is 0 Å². The lowest BCUT2D eigenvalue weighted by Crippen LogP contribution is -2.12. The highest BCUT2D eigenvalue weighted by molar-refractivity contribution is 7.17. The van der Waals surface area contributed by atoms with E-state index in [9.17, 15) is 0 Å². The minimum absolute atomic E-state index is 0.0122. The van der Waals surface area contributed by atoms with Gasteiger partial charge in [-0.1, -0.05) is 46.8 Å². The molecule has 0 N–H and O–H groups in total. The predicted octanol–water partition coefficient (Wildman–Crippen LogP) is 9.73. The van der Waals surface area contributed by atoms with E-state index in [0.717, 1.165) is 39.6 Å². The number of hydrogen-bond donors (Lipinski definition) is 0. The third-order valence-electron chi connectivity index (χ3n) is 7.18. The van der Waals surface area contributed by atoms with Gasteiger partial charge in [-0.2, -0.15) is 0 Å². The summed E-state index contributed by atoms with van der Waals surface area (Å²) in [7, 11) is 0. The summed E-state index contributed by atoms with van der Waals surface area (Å²) >= 11 is 1.84. The number of thiophene rings is 1. The predicted molar refractivity (Wildman–Crippen MR) is 158 cm³/mol. The van der Waals surface area contributed by atoms with E-state index >= 15 is 0 Å². The maximum atomic E-state index is 5.97. The fraction of sp³-hybridized carbons (Fsp3) is 0.273. The highest BCUT2D eigenvalue weighted by Crippen LogP contribution is 2.40. The number of aromatic nitrogens is 2. The van der Waals surface area contributed by atoms with E-state index in [1.165, 1.54) is 32.2 Å². The first-order chi connectivity index (χ1) is 17.7. The van der Waals surface area contributed by atoms with Gasteiger partial charge in [-0.25, -0.2) is 4.98 Å². The zero-order chi connectivity index (χ0) is 25.9. The fourth-order valence-electron chi connectivity index (χ4n) is 5.39. The first kappa shape index (κ1) is 23.9. The second-order valence-corrected chi connectivity index (χ2v) is 12.5. The Morgan fingerprint density at radius 2 is 1.81 bits per heavy atom. The second-order valence-electron chi connectivity index (χ2n) is 11.6. The number of aryl methyl sites for hydroxylation is 1. The molecular weight excluding hydrogens is 472 g/mol. The lowest BCUT2D eigenvalue weighted by molar-refractivity contribution is 0.596. The standard InChI is InChI=1S/C33H32N2OS/c1-19(2)11-24-18-37-30-14-21(7-8-26(24)30)27-15-29(35-32-31(27)20(3)17-36-32)22-12-23-16-34-10-9-25(23)28(13-22)33(4,5)6/h7-10,12-19H,11H2,1-6H3. The molecule has 0 aliphatic heterocycles. The van der Waals surface area contributed by atoms with Crippen molar-refractivity contribution < 1.29 is 4.42 Å². The van der Waals surface area contributed by atoms with Crippen molar-refractivity contribution in [2.75, 3.05) is 0 Å². The van der Waals surface area contributed by atoms with Crippen LogP contribution in [0.15, 0.2) is 70.9 Å². The van der Waals surface area contributed by atoms with Crippen molar-refractivity contribution in [3.63, 3.8) is 0 Å². The number of nitrogens with zero attached hydrogens (tertiary/aromatic N) is 2. The van der Waals surface area contributed by atoms with Gasteiger partial charge in [0.2, 0.25) is 5.71 Å². The van der Waals surface area contributed by atoms with Crippen molar-refractivity contribution >= 4 is 43.3 Å². The van der Waals surface area contributed by atoms with Gasteiger partial charge in [0.25, 0.3) is 0 Å². The normalized spacial score (nSPS) is 12.4. The lowest BCUT2D eigenvalue weighted by atomic mass is 9.82. The summed E-state index contributed by atoms with van der Waals surface area (Å²) in [6, 6.07) is 15.7. The molecule has 0 saturated carbocycles. The number of hydrogen-bond acceptors (Lipinski definition) is 4. The summed E-state index contributed by atoms with van der Waals surface area (Å²) < 4.78 is 7.30. The number of benzene rings is 2. The van der Waals surface area contributed by atoms with Gasteiger partial charge in [-0.3, -0.25) is 4.98 Å². The maximum Gasteiger partial charge on any atom is 0.227 e. The van der Waals surface area contributed by atoms with Crippen LogP contribution in [0.25, 0.3) is 54.3 Å². The number of fused-ring (bicyclic) bond motifs is 3. The van der Waals surface area contributed by atoms with E-state index in [1.807, 2.05) is 30.0 Å². The Morgan fingerprint density at radius 3 is 2.59 bits per heavy atom. The smallest absolute Gasteiger partial charge is 0.227 e. The number of rotatable bonds is 4. The molecule has 6 rings (SSSR count). The van der Waals surface area contributed by atoms with Crippen molar-refractivity contribution in [1.29, 1.82) is 0 Å². The summed E-state index contributed by atoms with van der Waals surface area (Å²) in [5, 5.41) is 7.14. The van der Waals surface area contributed by atoms with Crippen LogP contribution in [0.3, 0.4) is 0 Å². The van der Waals surface area contributed by atoms with Crippen LogP contribution in [0, 0.1) is 12.8 Å². The molecule has 0 unspecified atom stereocenters. The third-order valence-corrected chi connectivity index (χ3v) is 8.17. The minimum atomic E-state index is -0.0122. The molecule has 0 aliphatic carbocycles. The summed E-state index contributed by atoms with van der Waals surface area (Å²) in [6.45, 7) is 13.4. The van der Waals surface area contributed by atoms with Crippen LogP contribution in [0.2, 0.25) is 0 Å². The van der Waals surface area contributed by atoms with Crippen LogP contribution in [0.4, 0.5) is 0 Å². The monoisotopic (exact) mass is 504 g/mol. The molecule has 0 aliphatic rings. The highest BCUT2D eigenvalue weighted by Gasteiger charge is 2.21. The molecule has 0 saturated heterocycles. The van der Waals surface area contributed by atoms with Crippen LogP contribution in [0.5, 0.6) is 0 Å². The minimum Gasteiger partial charge on any atom is -0.446 e. The van der Waals surface area contributed by atoms with E-state index in [4.69, 9.17) is 9.40 Å². The molecule has 186 valence electrons. The van der Waals surface area contributed by atoms with Crippen molar-refractivity contribution in [3.05, 3.63) is 83.2 Å². The average molecular weight is 505 g/mol. The van der Waals surface area contributed by atoms with Gasteiger partial charge in [0.15, 0.2) is 0 Å². The Labute approximate surface area is 222 Å². The molecule has 3 nitrogen and oxygen atoms in total. The van der Waals surface area contributed by atoms with Crippen LogP contribution >= 0.6 is 11.3 Å². The molecule has 0 atom stereocenters. The van der Waals surface area contributed by atoms with Gasteiger partial charge in [0, 0.05) is 28.0 Å². The van der Waals surface area contributed by atoms with Crippen molar-refractivity contribution in [2.45, 2.75) is 53.4 Å². The van der Waals surface area contributed by atoms with Crippen molar-refractivity contribution in [2.24, 2.45) is 5.92 Å². The zero-order valence-electron chi connectivity index (χ0n) is 22.3. The molecular formula is C33H32N2OS. The average Bonchev–Trinajstić information content (AvgIpc) is 3.44. The van der Waals surface area contributed by atoms with Gasteiger partial charge in [-0.05, 0) is 99.0 Å².